The topological polar surface area (TPSA) is 105 Å². The fourth-order valence-electron chi connectivity index (χ4n) is 3.56. The monoisotopic (exact) mass is 419 g/mol. The molecule has 10 heteroatoms. The molecule has 0 fully saturated rings. The quantitative estimate of drug-likeness (QED) is 0.809. The third-order valence-corrected chi connectivity index (χ3v) is 7.03. The second-order valence-electron chi connectivity index (χ2n) is 7.33. The van der Waals surface area contributed by atoms with Crippen molar-refractivity contribution in [1.82, 2.24) is 14.1 Å². The van der Waals surface area contributed by atoms with Crippen LogP contribution in [0.25, 0.3) is 0 Å². The predicted octanol–water partition coefficient (Wildman–Crippen LogP) is 1.51. The molecule has 1 aromatic heterocycles. The minimum absolute atomic E-state index is 0.108. The summed E-state index contributed by atoms with van der Waals surface area (Å²) in [4.78, 5) is 27.0. The molecule has 2 amide bonds. The van der Waals surface area contributed by atoms with Gasteiger partial charge in [0.15, 0.2) is 0 Å². The summed E-state index contributed by atoms with van der Waals surface area (Å²) in [5.41, 5.74) is 1.91. The van der Waals surface area contributed by atoms with Gasteiger partial charge in [-0.1, -0.05) is 12.1 Å². The van der Waals surface area contributed by atoms with E-state index in [2.05, 4.69) is 10.4 Å². The molecule has 156 valence electrons. The van der Waals surface area contributed by atoms with Crippen LogP contribution in [0.4, 0.5) is 11.4 Å². The Hall–Kier alpha value is -2.72. The maximum Gasteiger partial charge on any atom is 0.249 e. The summed E-state index contributed by atoms with van der Waals surface area (Å²) in [6, 6.07) is 6.76. The number of carbonyl (C=O) groups is 2. The van der Waals surface area contributed by atoms with Crippen LogP contribution in [0.3, 0.4) is 0 Å². The Kier molecular flexibility index (Phi) is 5.50. The van der Waals surface area contributed by atoms with Crippen molar-refractivity contribution in [3.63, 3.8) is 0 Å². The molecule has 0 saturated carbocycles. The molecule has 29 heavy (non-hydrogen) atoms. The van der Waals surface area contributed by atoms with Crippen LogP contribution in [-0.4, -0.2) is 54.5 Å². The van der Waals surface area contributed by atoms with E-state index in [4.69, 9.17) is 0 Å². The van der Waals surface area contributed by atoms with Crippen molar-refractivity contribution in [2.45, 2.75) is 44.7 Å². The number of amides is 2. The zero-order valence-corrected chi connectivity index (χ0v) is 17.9. The second kappa shape index (κ2) is 7.60. The minimum atomic E-state index is -3.68. The number of nitrogens with one attached hydrogen (secondary N) is 1. The third kappa shape index (κ3) is 3.77. The first-order valence-corrected chi connectivity index (χ1v) is 10.7. The van der Waals surface area contributed by atoms with E-state index in [1.54, 1.807) is 43.0 Å². The number of hydrogen-bond acceptors (Lipinski definition) is 5. The molecule has 2 heterocycles. The lowest BCUT2D eigenvalue weighted by Crippen LogP contribution is -2.41. The molecule has 9 nitrogen and oxygen atoms in total. The van der Waals surface area contributed by atoms with Crippen LogP contribution < -0.4 is 10.2 Å². The number of hydrogen-bond donors (Lipinski definition) is 1. The Balaban J connectivity index is 1.98. The lowest BCUT2D eigenvalue weighted by Gasteiger charge is -2.28. The molecule has 1 aromatic carbocycles. The van der Waals surface area contributed by atoms with Gasteiger partial charge in [0.2, 0.25) is 21.8 Å². The Morgan fingerprint density at radius 3 is 2.59 bits per heavy atom. The number of aromatic nitrogens is 2. The van der Waals surface area contributed by atoms with Crippen LogP contribution in [0.1, 0.15) is 24.7 Å². The molecule has 3 rings (SSSR count). The van der Waals surface area contributed by atoms with Gasteiger partial charge in [0, 0.05) is 26.6 Å². The molecule has 1 N–H and O–H groups in total. The molecule has 0 bridgehead atoms. The molecule has 0 radical (unpaired) electrons. The van der Waals surface area contributed by atoms with Crippen molar-refractivity contribution in [3.05, 3.63) is 35.7 Å². The van der Waals surface area contributed by atoms with Crippen molar-refractivity contribution in [2.24, 2.45) is 0 Å². The van der Waals surface area contributed by atoms with Gasteiger partial charge in [-0.05, 0) is 32.9 Å². The van der Waals surface area contributed by atoms with Gasteiger partial charge in [0.25, 0.3) is 0 Å². The lowest BCUT2D eigenvalue weighted by atomic mass is 10.1. The first kappa shape index (κ1) is 21.0. The van der Waals surface area contributed by atoms with E-state index in [9.17, 15) is 18.0 Å². The van der Waals surface area contributed by atoms with Gasteiger partial charge in [0.1, 0.15) is 11.4 Å². The van der Waals surface area contributed by atoms with Gasteiger partial charge in [-0.25, -0.2) is 12.7 Å². The number of aryl methyl sites for hydroxylation is 1. The van der Waals surface area contributed by atoms with E-state index < -0.39 is 10.0 Å². The summed E-state index contributed by atoms with van der Waals surface area (Å²) >= 11 is 0. The first-order valence-electron chi connectivity index (χ1n) is 9.21. The van der Waals surface area contributed by atoms with E-state index in [0.717, 1.165) is 4.31 Å². The predicted molar refractivity (Wildman–Crippen MR) is 109 cm³/mol. The van der Waals surface area contributed by atoms with E-state index in [1.165, 1.54) is 18.8 Å². The fourth-order valence-corrected chi connectivity index (χ4v) is 4.82. The van der Waals surface area contributed by atoms with E-state index in [1.807, 2.05) is 6.92 Å². The van der Waals surface area contributed by atoms with E-state index >= 15 is 0 Å². The van der Waals surface area contributed by atoms with Crippen LogP contribution in [0.5, 0.6) is 0 Å². The fraction of sp³-hybridized carbons (Fsp3) is 0.421. The van der Waals surface area contributed by atoms with Crippen molar-refractivity contribution < 1.29 is 18.0 Å². The maximum absolute atomic E-state index is 13.2. The van der Waals surface area contributed by atoms with Gasteiger partial charge in [0.05, 0.1) is 22.8 Å². The molecule has 1 unspecified atom stereocenters. The van der Waals surface area contributed by atoms with Crippen LogP contribution in [0.15, 0.2) is 29.2 Å². The van der Waals surface area contributed by atoms with Crippen LogP contribution >= 0.6 is 0 Å². The number of sulfonamides is 1. The number of nitrogens with zero attached hydrogens (tertiary/aromatic N) is 4. The molecular formula is C19H25N5O4S. The summed E-state index contributed by atoms with van der Waals surface area (Å²) in [5.74, 6) is -0.438. The van der Waals surface area contributed by atoms with Crippen LogP contribution in [-0.2, 0) is 26.2 Å². The number of fused-ring (bicyclic) bond motifs is 1. The van der Waals surface area contributed by atoms with E-state index in [-0.39, 0.29) is 35.7 Å². The SMILES string of the molecule is Cc1nn(CC(=O)N2c3ccccc3NC(=O)CC2C)c(C)c1S(=O)(=O)N(C)C. The number of para-hydroxylation sites is 2. The molecular weight excluding hydrogens is 394 g/mol. The maximum atomic E-state index is 13.2. The Bertz CT molecular complexity index is 1070. The second-order valence-corrected chi connectivity index (χ2v) is 9.42. The van der Waals surface area contributed by atoms with Crippen molar-refractivity contribution in [3.8, 4) is 0 Å². The highest BCUT2D eigenvalue weighted by molar-refractivity contribution is 7.89. The Morgan fingerprint density at radius 1 is 1.28 bits per heavy atom. The summed E-state index contributed by atoms with van der Waals surface area (Å²) in [5, 5.41) is 7.11. The van der Waals surface area contributed by atoms with Gasteiger partial charge < -0.3 is 10.2 Å². The van der Waals surface area contributed by atoms with Crippen molar-refractivity contribution in [2.75, 3.05) is 24.3 Å². The largest absolute Gasteiger partial charge is 0.324 e. The first-order chi connectivity index (χ1) is 13.5. The summed E-state index contributed by atoms with van der Waals surface area (Å²) in [6.07, 6.45) is 0.164. The van der Waals surface area contributed by atoms with Crippen LogP contribution in [0, 0.1) is 13.8 Å². The lowest BCUT2D eigenvalue weighted by molar-refractivity contribution is -0.120. The molecule has 0 spiro atoms. The molecule has 2 aromatic rings. The highest BCUT2D eigenvalue weighted by atomic mass is 32.2. The number of rotatable bonds is 4. The molecule has 0 saturated heterocycles. The van der Waals surface area contributed by atoms with Crippen molar-refractivity contribution >= 4 is 33.2 Å². The van der Waals surface area contributed by atoms with Crippen molar-refractivity contribution in [1.29, 1.82) is 0 Å². The summed E-state index contributed by atoms with van der Waals surface area (Å²) < 4.78 is 27.7. The number of carbonyl (C=O) groups excluding carboxylic acids is 2. The zero-order chi connectivity index (χ0) is 21.5. The minimum Gasteiger partial charge on any atom is -0.324 e. The highest BCUT2D eigenvalue weighted by Crippen LogP contribution is 2.31. The normalized spacial score (nSPS) is 17.1. The highest BCUT2D eigenvalue weighted by Gasteiger charge is 2.32. The zero-order valence-electron chi connectivity index (χ0n) is 17.1. The van der Waals surface area contributed by atoms with Gasteiger partial charge in [-0.3, -0.25) is 14.3 Å². The number of anilines is 2. The average Bonchev–Trinajstić information content (AvgIpc) is 2.82. The van der Waals surface area contributed by atoms with Crippen LogP contribution in [0.2, 0.25) is 0 Å². The van der Waals surface area contributed by atoms with Gasteiger partial charge in [-0.15, -0.1) is 0 Å². The number of benzene rings is 1. The average molecular weight is 420 g/mol. The smallest absolute Gasteiger partial charge is 0.249 e. The molecule has 1 aliphatic rings. The summed E-state index contributed by atoms with van der Waals surface area (Å²) in [6.45, 7) is 4.91. The Morgan fingerprint density at radius 2 is 1.93 bits per heavy atom. The van der Waals surface area contributed by atoms with Gasteiger partial charge >= 0.3 is 0 Å². The molecule has 1 aliphatic heterocycles. The van der Waals surface area contributed by atoms with Gasteiger partial charge in [-0.2, -0.15) is 5.10 Å². The van der Waals surface area contributed by atoms with E-state index in [0.29, 0.717) is 22.8 Å². The molecule has 0 aliphatic carbocycles. The summed E-state index contributed by atoms with van der Waals surface area (Å²) in [7, 11) is -0.770. The third-order valence-electron chi connectivity index (χ3n) is 4.97. The standard InChI is InChI=1S/C19H25N5O4S/c1-12-10-17(25)20-15-8-6-7-9-16(15)24(12)18(26)11-23-14(3)19(13(2)21-23)29(27,28)22(4)5/h6-9,12H,10-11H2,1-5H3,(H,20,25). The Labute approximate surface area is 170 Å². The molecule has 1 atom stereocenters.